The molecule has 0 saturated heterocycles. The molecule has 1 heterocycles. The van der Waals surface area contributed by atoms with E-state index >= 15 is 0 Å². The fraction of sp³-hybridized carbons (Fsp3) is 0.250. The van der Waals surface area contributed by atoms with Crippen LogP contribution in [0.1, 0.15) is 27.9 Å². The van der Waals surface area contributed by atoms with E-state index in [-0.39, 0.29) is 28.3 Å². The van der Waals surface area contributed by atoms with Crippen molar-refractivity contribution in [3.8, 4) is 0 Å². The Kier molecular flexibility index (Phi) is 3.51. The van der Waals surface area contributed by atoms with Crippen molar-refractivity contribution in [3.05, 3.63) is 33.2 Å². The number of aromatic amines is 1. The van der Waals surface area contributed by atoms with Crippen LogP contribution in [-0.2, 0) is 5.33 Å². The highest BCUT2D eigenvalue weighted by molar-refractivity contribution is 9.08. The molecular formula is C8H6BrF2NO2. The molecule has 0 amide bonds. The lowest BCUT2D eigenvalue weighted by molar-refractivity contribution is 0.112. The van der Waals surface area contributed by atoms with E-state index in [1.807, 2.05) is 0 Å². The van der Waals surface area contributed by atoms with E-state index in [2.05, 4.69) is 20.9 Å². The van der Waals surface area contributed by atoms with Crippen LogP contribution < -0.4 is 5.56 Å². The van der Waals surface area contributed by atoms with Crippen LogP contribution in [0.25, 0.3) is 0 Å². The molecule has 0 saturated carbocycles. The first-order chi connectivity index (χ1) is 6.61. The molecule has 1 aromatic heterocycles. The van der Waals surface area contributed by atoms with E-state index < -0.39 is 12.0 Å². The Hall–Kier alpha value is -1.04. The molecule has 0 aromatic carbocycles. The maximum absolute atomic E-state index is 12.4. The predicted octanol–water partition coefficient (Wildman–Crippen LogP) is 2.02. The molecule has 14 heavy (non-hydrogen) atoms. The molecule has 0 aliphatic rings. The van der Waals surface area contributed by atoms with Crippen molar-refractivity contribution in [1.29, 1.82) is 0 Å². The van der Waals surface area contributed by atoms with Gasteiger partial charge in [0.05, 0.1) is 5.56 Å². The standard InChI is InChI=1S/C8H6BrF2NO2/c9-1-4-5(7(10)11)2-12-8(14)6(4)3-13/h2-3,7H,1H2,(H,12,14). The van der Waals surface area contributed by atoms with Gasteiger partial charge < -0.3 is 4.98 Å². The summed E-state index contributed by atoms with van der Waals surface area (Å²) in [4.78, 5) is 23.6. The highest BCUT2D eigenvalue weighted by Crippen LogP contribution is 2.24. The van der Waals surface area contributed by atoms with Gasteiger partial charge in [0, 0.05) is 17.1 Å². The van der Waals surface area contributed by atoms with Gasteiger partial charge in [-0.2, -0.15) is 0 Å². The number of aldehydes is 1. The zero-order valence-electron chi connectivity index (χ0n) is 6.89. The number of hydrogen-bond acceptors (Lipinski definition) is 2. The lowest BCUT2D eigenvalue weighted by Crippen LogP contribution is -2.16. The highest BCUT2D eigenvalue weighted by Gasteiger charge is 2.17. The molecule has 1 N–H and O–H groups in total. The van der Waals surface area contributed by atoms with Crippen LogP contribution in [0.2, 0.25) is 0 Å². The zero-order chi connectivity index (χ0) is 10.7. The largest absolute Gasteiger partial charge is 0.328 e. The van der Waals surface area contributed by atoms with Gasteiger partial charge in [0.1, 0.15) is 0 Å². The van der Waals surface area contributed by atoms with Crippen LogP contribution in [0.3, 0.4) is 0 Å². The molecule has 6 heteroatoms. The van der Waals surface area contributed by atoms with E-state index in [4.69, 9.17) is 0 Å². The summed E-state index contributed by atoms with van der Waals surface area (Å²) in [6, 6.07) is 0. The first-order valence-electron chi connectivity index (χ1n) is 3.65. The van der Waals surface area contributed by atoms with E-state index in [1.54, 1.807) is 0 Å². The van der Waals surface area contributed by atoms with Crippen LogP contribution >= 0.6 is 15.9 Å². The molecule has 76 valence electrons. The summed E-state index contributed by atoms with van der Waals surface area (Å²) in [5.74, 6) is 0. The second kappa shape index (κ2) is 4.45. The Morgan fingerprint density at radius 3 is 2.64 bits per heavy atom. The minimum Gasteiger partial charge on any atom is -0.328 e. The number of hydrogen-bond donors (Lipinski definition) is 1. The van der Waals surface area contributed by atoms with Crippen LogP contribution in [0.4, 0.5) is 8.78 Å². The number of carbonyl (C=O) groups is 1. The predicted molar refractivity (Wildman–Crippen MR) is 50.0 cm³/mol. The topological polar surface area (TPSA) is 49.9 Å². The number of pyridine rings is 1. The van der Waals surface area contributed by atoms with E-state index in [0.29, 0.717) is 0 Å². The van der Waals surface area contributed by atoms with Gasteiger partial charge in [-0.3, -0.25) is 9.59 Å². The van der Waals surface area contributed by atoms with Crippen molar-refractivity contribution < 1.29 is 13.6 Å². The van der Waals surface area contributed by atoms with Crippen LogP contribution in [0, 0.1) is 0 Å². The van der Waals surface area contributed by atoms with Crippen molar-refractivity contribution in [3.63, 3.8) is 0 Å². The first kappa shape index (κ1) is 11.0. The Labute approximate surface area is 86.3 Å². The van der Waals surface area contributed by atoms with E-state index in [9.17, 15) is 18.4 Å². The Morgan fingerprint density at radius 1 is 1.57 bits per heavy atom. The summed E-state index contributed by atoms with van der Waals surface area (Å²) in [6.45, 7) is 0. The van der Waals surface area contributed by atoms with Crippen molar-refractivity contribution in [2.75, 3.05) is 0 Å². The molecule has 0 aliphatic carbocycles. The monoisotopic (exact) mass is 265 g/mol. The van der Waals surface area contributed by atoms with Gasteiger partial charge in [0.15, 0.2) is 6.29 Å². The Morgan fingerprint density at radius 2 is 2.21 bits per heavy atom. The molecule has 0 spiro atoms. The van der Waals surface area contributed by atoms with E-state index in [0.717, 1.165) is 6.20 Å². The number of rotatable bonds is 3. The third-order valence-corrected chi connectivity index (χ3v) is 2.32. The third-order valence-electron chi connectivity index (χ3n) is 1.76. The smallest absolute Gasteiger partial charge is 0.265 e. The van der Waals surface area contributed by atoms with Crippen LogP contribution in [0.5, 0.6) is 0 Å². The Bertz CT molecular complexity index is 403. The second-order valence-electron chi connectivity index (χ2n) is 2.52. The molecule has 3 nitrogen and oxygen atoms in total. The fourth-order valence-electron chi connectivity index (χ4n) is 1.07. The van der Waals surface area contributed by atoms with Gasteiger partial charge in [-0.25, -0.2) is 8.78 Å². The summed E-state index contributed by atoms with van der Waals surface area (Å²) in [7, 11) is 0. The van der Waals surface area contributed by atoms with Gasteiger partial charge in [-0.15, -0.1) is 0 Å². The number of H-pyrrole nitrogens is 1. The number of aromatic nitrogens is 1. The number of halogens is 3. The molecule has 1 rings (SSSR count). The molecule has 0 radical (unpaired) electrons. The Balaban J connectivity index is 3.48. The normalized spacial score (nSPS) is 10.6. The SMILES string of the molecule is O=Cc1c(CBr)c(C(F)F)c[nH]c1=O. The first-order valence-corrected chi connectivity index (χ1v) is 4.77. The van der Waals surface area contributed by atoms with Gasteiger partial charge in [-0.05, 0) is 5.56 Å². The van der Waals surface area contributed by atoms with Crippen LogP contribution in [-0.4, -0.2) is 11.3 Å². The van der Waals surface area contributed by atoms with E-state index in [1.165, 1.54) is 0 Å². The average molecular weight is 266 g/mol. The zero-order valence-corrected chi connectivity index (χ0v) is 8.48. The summed E-state index contributed by atoms with van der Waals surface area (Å²) in [5, 5.41) is 0.0463. The lowest BCUT2D eigenvalue weighted by Gasteiger charge is -2.06. The molecular weight excluding hydrogens is 260 g/mol. The molecule has 0 aliphatic heterocycles. The molecule has 0 bridgehead atoms. The summed E-state index contributed by atoms with van der Waals surface area (Å²) < 4.78 is 24.8. The number of alkyl halides is 3. The minimum atomic E-state index is -2.71. The lowest BCUT2D eigenvalue weighted by atomic mass is 10.1. The molecule has 0 fully saturated rings. The van der Waals surface area contributed by atoms with Crippen molar-refractivity contribution in [2.24, 2.45) is 0 Å². The van der Waals surface area contributed by atoms with Crippen molar-refractivity contribution in [1.82, 2.24) is 4.98 Å². The number of nitrogens with one attached hydrogen (secondary N) is 1. The van der Waals surface area contributed by atoms with Gasteiger partial charge in [-0.1, -0.05) is 15.9 Å². The summed E-state index contributed by atoms with van der Waals surface area (Å²) in [6.07, 6.45) is -1.50. The van der Waals surface area contributed by atoms with Crippen molar-refractivity contribution in [2.45, 2.75) is 11.8 Å². The molecule has 1 aromatic rings. The van der Waals surface area contributed by atoms with Crippen LogP contribution in [0.15, 0.2) is 11.0 Å². The third kappa shape index (κ3) is 1.89. The average Bonchev–Trinajstić information content (AvgIpc) is 2.16. The van der Waals surface area contributed by atoms with Gasteiger partial charge >= 0.3 is 0 Å². The van der Waals surface area contributed by atoms with Gasteiger partial charge in [0.25, 0.3) is 12.0 Å². The summed E-state index contributed by atoms with van der Waals surface area (Å²) >= 11 is 2.96. The minimum absolute atomic E-state index is 0.0405. The highest BCUT2D eigenvalue weighted by atomic mass is 79.9. The second-order valence-corrected chi connectivity index (χ2v) is 3.08. The summed E-state index contributed by atoms with van der Waals surface area (Å²) in [5.41, 5.74) is -1.19. The maximum Gasteiger partial charge on any atom is 0.265 e. The van der Waals surface area contributed by atoms with Crippen molar-refractivity contribution >= 4 is 22.2 Å². The number of carbonyl (C=O) groups excluding carboxylic acids is 1. The molecule has 0 unspecified atom stereocenters. The quantitative estimate of drug-likeness (QED) is 0.672. The fourth-order valence-corrected chi connectivity index (χ4v) is 1.69. The van der Waals surface area contributed by atoms with Gasteiger partial charge in [0.2, 0.25) is 0 Å². The molecule has 0 atom stereocenters. The maximum atomic E-state index is 12.4.